The average molecular weight is 440 g/mol. The first-order valence-electron chi connectivity index (χ1n) is 6.32. The summed E-state index contributed by atoms with van der Waals surface area (Å²) >= 11 is 3.47. The highest BCUT2D eigenvalue weighted by molar-refractivity contribution is 14.0. The minimum absolute atomic E-state index is 0. The Labute approximate surface area is 141 Å². The lowest BCUT2D eigenvalue weighted by atomic mass is 10.1. The molecule has 0 aliphatic carbocycles. The Morgan fingerprint density at radius 1 is 1.37 bits per heavy atom. The zero-order valence-corrected chi connectivity index (χ0v) is 15.9. The van der Waals surface area contributed by atoms with Crippen LogP contribution in [0.25, 0.3) is 0 Å². The quantitative estimate of drug-likeness (QED) is 0.424. The van der Waals surface area contributed by atoms with Crippen molar-refractivity contribution in [3.63, 3.8) is 0 Å². The fourth-order valence-electron chi connectivity index (χ4n) is 1.59. The van der Waals surface area contributed by atoms with Gasteiger partial charge in [0.2, 0.25) is 0 Å². The molecule has 1 rings (SSSR count). The Balaban J connectivity index is 0.00000324. The van der Waals surface area contributed by atoms with Crippen molar-refractivity contribution in [3.05, 3.63) is 33.8 Å². The Morgan fingerprint density at radius 3 is 2.58 bits per heavy atom. The highest BCUT2D eigenvalue weighted by Gasteiger charge is 2.01. The van der Waals surface area contributed by atoms with E-state index in [-0.39, 0.29) is 24.0 Å². The van der Waals surface area contributed by atoms with Crippen LogP contribution in [0.15, 0.2) is 27.7 Å². The van der Waals surface area contributed by atoms with Gasteiger partial charge in [-0.05, 0) is 51.0 Å². The zero-order valence-electron chi connectivity index (χ0n) is 12.0. The van der Waals surface area contributed by atoms with E-state index in [1.807, 2.05) is 0 Å². The molecule has 0 saturated carbocycles. The predicted octanol–water partition coefficient (Wildman–Crippen LogP) is 3.84. The summed E-state index contributed by atoms with van der Waals surface area (Å²) in [6.07, 6.45) is 0. The standard InChI is InChI=1S/C14H22BrN3.HI/c1-5-16-14(18-10(2)3)17-9-12-6-7-13(15)8-11(12)4;/h6-8,10H,5,9H2,1-4H3,(H2,16,17,18);1H. The van der Waals surface area contributed by atoms with E-state index in [1.165, 1.54) is 11.1 Å². The summed E-state index contributed by atoms with van der Waals surface area (Å²) in [5.41, 5.74) is 2.51. The number of aryl methyl sites for hydroxylation is 1. The summed E-state index contributed by atoms with van der Waals surface area (Å²) in [5, 5.41) is 6.56. The molecule has 0 atom stereocenters. The molecular formula is C14H23BrIN3. The molecule has 2 N–H and O–H groups in total. The highest BCUT2D eigenvalue weighted by Crippen LogP contribution is 2.16. The van der Waals surface area contributed by atoms with Crippen molar-refractivity contribution in [2.45, 2.75) is 40.3 Å². The molecule has 5 heteroatoms. The van der Waals surface area contributed by atoms with Crippen LogP contribution in [0.1, 0.15) is 31.9 Å². The number of nitrogens with zero attached hydrogens (tertiary/aromatic N) is 1. The zero-order chi connectivity index (χ0) is 13.5. The van der Waals surface area contributed by atoms with Gasteiger partial charge in [-0.15, -0.1) is 24.0 Å². The third-order valence-electron chi connectivity index (χ3n) is 2.48. The average Bonchev–Trinajstić information content (AvgIpc) is 2.27. The Morgan fingerprint density at radius 2 is 2.05 bits per heavy atom. The Hall–Kier alpha value is -0.300. The second-order valence-corrected chi connectivity index (χ2v) is 5.48. The lowest BCUT2D eigenvalue weighted by Gasteiger charge is -2.14. The third-order valence-corrected chi connectivity index (χ3v) is 2.98. The summed E-state index contributed by atoms with van der Waals surface area (Å²) in [6.45, 7) is 9.97. The van der Waals surface area contributed by atoms with E-state index in [2.05, 4.69) is 77.4 Å². The molecule has 0 amide bonds. The van der Waals surface area contributed by atoms with Gasteiger partial charge in [-0.1, -0.05) is 22.0 Å². The third kappa shape index (κ3) is 7.15. The summed E-state index contributed by atoms with van der Waals surface area (Å²) in [6, 6.07) is 6.67. The fraction of sp³-hybridized carbons (Fsp3) is 0.500. The van der Waals surface area contributed by atoms with Gasteiger partial charge in [0.05, 0.1) is 6.54 Å². The number of benzene rings is 1. The van der Waals surface area contributed by atoms with Crippen molar-refractivity contribution in [3.8, 4) is 0 Å². The Kier molecular flexibility index (Phi) is 9.43. The van der Waals surface area contributed by atoms with Crippen LogP contribution >= 0.6 is 39.9 Å². The number of halogens is 2. The lowest BCUT2D eigenvalue weighted by Crippen LogP contribution is -2.41. The Bertz CT molecular complexity index is 419. The van der Waals surface area contributed by atoms with E-state index >= 15 is 0 Å². The molecule has 0 fully saturated rings. The van der Waals surface area contributed by atoms with Crippen molar-refractivity contribution in [1.82, 2.24) is 10.6 Å². The number of hydrogen-bond donors (Lipinski definition) is 2. The van der Waals surface area contributed by atoms with Crippen LogP contribution in [0.2, 0.25) is 0 Å². The molecule has 1 aromatic rings. The summed E-state index contributed by atoms with van der Waals surface area (Å²) in [7, 11) is 0. The molecule has 19 heavy (non-hydrogen) atoms. The molecule has 0 aliphatic rings. The number of nitrogens with one attached hydrogen (secondary N) is 2. The van der Waals surface area contributed by atoms with E-state index in [0.29, 0.717) is 12.6 Å². The van der Waals surface area contributed by atoms with Gasteiger partial charge in [0.25, 0.3) is 0 Å². The number of aliphatic imine (C=N–C) groups is 1. The molecule has 0 aliphatic heterocycles. The van der Waals surface area contributed by atoms with Gasteiger partial charge in [-0.2, -0.15) is 0 Å². The van der Waals surface area contributed by atoms with Crippen LogP contribution in [0.3, 0.4) is 0 Å². The molecule has 0 aromatic heterocycles. The van der Waals surface area contributed by atoms with Crippen molar-refractivity contribution in [2.75, 3.05) is 6.54 Å². The van der Waals surface area contributed by atoms with E-state index in [4.69, 9.17) is 0 Å². The number of rotatable bonds is 4. The first kappa shape index (κ1) is 18.7. The van der Waals surface area contributed by atoms with Gasteiger partial charge >= 0.3 is 0 Å². The lowest BCUT2D eigenvalue weighted by molar-refractivity contribution is 0.700. The van der Waals surface area contributed by atoms with Crippen LogP contribution in [-0.2, 0) is 6.54 Å². The molecule has 3 nitrogen and oxygen atoms in total. The smallest absolute Gasteiger partial charge is 0.191 e. The van der Waals surface area contributed by atoms with Gasteiger partial charge in [0, 0.05) is 17.1 Å². The van der Waals surface area contributed by atoms with Crippen molar-refractivity contribution >= 4 is 45.9 Å². The topological polar surface area (TPSA) is 36.4 Å². The van der Waals surface area contributed by atoms with Crippen molar-refractivity contribution in [2.24, 2.45) is 4.99 Å². The number of hydrogen-bond acceptors (Lipinski definition) is 1. The normalized spacial score (nSPS) is 11.2. The van der Waals surface area contributed by atoms with E-state index in [0.717, 1.165) is 17.0 Å². The fourth-order valence-corrected chi connectivity index (χ4v) is 2.07. The molecular weight excluding hydrogens is 417 g/mol. The van der Waals surface area contributed by atoms with Gasteiger partial charge in [-0.25, -0.2) is 4.99 Å². The maximum absolute atomic E-state index is 4.59. The highest BCUT2D eigenvalue weighted by atomic mass is 127. The molecule has 0 radical (unpaired) electrons. The number of guanidine groups is 1. The van der Waals surface area contributed by atoms with E-state index in [1.54, 1.807) is 0 Å². The van der Waals surface area contributed by atoms with Crippen molar-refractivity contribution < 1.29 is 0 Å². The van der Waals surface area contributed by atoms with Crippen LogP contribution in [0, 0.1) is 6.92 Å². The van der Waals surface area contributed by atoms with Crippen LogP contribution < -0.4 is 10.6 Å². The summed E-state index contributed by atoms with van der Waals surface area (Å²) in [4.78, 5) is 4.59. The van der Waals surface area contributed by atoms with Gasteiger partial charge in [0.15, 0.2) is 5.96 Å². The molecule has 0 bridgehead atoms. The van der Waals surface area contributed by atoms with E-state index < -0.39 is 0 Å². The van der Waals surface area contributed by atoms with Crippen LogP contribution in [-0.4, -0.2) is 18.5 Å². The summed E-state index contributed by atoms with van der Waals surface area (Å²) in [5.74, 6) is 0.870. The summed E-state index contributed by atoms with van der Waals surface area (Å²) < 4.78 is 1.11. The first-order valence-corrected chi connectivity index (χ1v) is 7.12. The monoisotopic (exact) mass is 439 g/mol. The second kappa shape index (κ2) is 9.58. The molecule has 0 heterocycles. The SMILES string of the molecule is CCNC(=NCc1ccc(Br)cc1C)NC(C)C.I. The molecule has 0 spiro atoms. The van der Waals surface area contributed by atoms with Gasteiger partial charge in [-0.3, -0.25) is 0 Å². The minimum atomic E-state index is 0. The largest absolute Gasteiger partial charge is 0.357 e. The van der Waals surface area contributed by atoms with Crippen LogP contribution in [0.5, 0.6) is 0 Å². The maximum Gasteiger partial charge on any atom is 0.191 e. The second-order valence-electron chi connectivity index (χ2n) is 4.57. The van der Waals surface area contributed by atoms with Gasteiger partial charge in [0.1, 0.15) is 0 Å². The predicted molar refractivity (Wildman–Crippen MR) is 97.4 cm³/mol. The maximum atomic E-state index is 4.59. The molecule has 108 valence electrons. The van der Waals surface area contributed by atoms with Crippen molar-refractivity contribution in [1.29, 1.82) is 0 Å². The van der Waals surface area contributed by atoms with Crippen LogP contribution in [0.4, 0.5) is 0 Å². The first-order chi connectivity index (χ1) is 8.52. The minimum Gasteiger partial charge on any atom is -0.357 e. The van der Waals surface area contributed by atoms with Gasteiger partial charge < -0.3 is 10.6 Å². The molecule has 0 unspecified atom stereocenters. The molecule has 0 saturated heterocycles. The van der Waals surface area contributed by atoms with E-state index in [9.17, 15) is 0 Å². The molecule has 1 aromatic carbocycles.